The van der Waals surface area contributed by atoms with Gasteiger partial charge in [-0.1, -0.05) is 12.8 Å². The van der Waals surface area contributed by atoms with Crippen molar-refractivity contribution in [1.82, 2.24) is 4.90 Å². The van der Waals surface area contributed by atoms with Gasteiger partial charge in [0.05, 0.1) is 13.2 Å². The first-order valence-corrected chi connectivity index (χ1v) is 8.39. The molecule has 0 aromatic carbocycles. The zero-order valence-electron chi connectivity index (χ0n) is 13.5. The summed E-state index contributed by atoms with van der Waals surface area (Å²) in [6.45, 7) is 11.4. The molecule has 0 heterocycles. The summed E-state index contributed by atoms with van der Waals surface area (Å²) in [6, 6.07) is 0. The Labute approximate surface area is 125 Å². The van der Waals surface area contributed by atoms with Gasteiger partial charge in [0.15, 0.2) is 0 Å². The predicted octanol–water partition coefficient (Wildman–Crippen LogP) is 2.13. The SMILES string of the molecule is CCOCCN(CCOCC)CC1CCCCC1CN. The van der Waals surface area contributed by atoms with Crippen LogP contribution in [0.3, 0.4) is 0 Å². The van der Waals surface area contributed by atoms with Crippen molar-refractivity contribution in [2.75, 3.05) is 52.6 Å². The Morgan fingerprint density at radius 1 is 0.950 bits per heavy atom. The molecule has 0 saturated heterocycles. The van der Waals surface area contributed by atoms with Gasteiger partial charge in [-0.3, -0.25) is 4.90 Å². The van der Waals surface area contributed by atoms with Gasteiger partial charge in [-0.2, -0.15) is 0 Å². The van der Waals surface area contributed by atoms with E-state index in [9.17, 15) is 0 Å². The number of nitrogens with zero attached hydrogens (tertiary/aromatic N) is 1. The quantitative estimate of drug-likeness (QED) is 0.591. The van der Waals surface area contributed by atoms with E-state index < -0.39 is 0 Å². The van der Waals surface area contributed by atoms with E-state index in [0.29, 0.717) is 5.92 Å². The first kappa shape index (κ1) is 17.9. The Bertz CT molecular complexity index is 217. The van der Waals surface area contributed by atoms with Gasteiger partial charge in [0.1, 0.15) is 0 Å². The third-order valence-corrected chi connectivity index (χ3v) is 4.37. The second-order valence-corrected chi connectivity index (χ2v) is 5.73. The maximum absolute atomic E-state index is 5.94. The fourth-order valence-corrected chi connectivity index (χ4v) is 3.14. The van der Waals surface area contributed by atoms with Gasteiger partial charge in [-0.25, -0.2) is 0 Å². The van der Waals surface area contributed by atoms with Gasteiger partial charge < -0.3 is 15.2 Å². The van der Waals surface area contributed by atoms with Crippen molar-refractivity contribution in [2.45, 2.75) is 39.5 Å². The average molecular weight is 286 g/mol. The highest BCUT2D eigenvalue weighted by Crippen LogP contribution is 2.29. The zero-order chi connectivity index (χ0) is 14.6. The highest BCUT2D eigenvalue weighted by atomic mass is 16.5. The molecule has 0 amide bonds. The molecule has 2 unspecified atom stereocenters. The van der Waals surface area contributed by atoms with Crippen LogP contribution in [0.15, 0.2) is 0 Å². The lowest BCUT2D eigenvalue weighted by Gasteiger charge is -2.35. The molecule has 2 N–H and O–H groups in total. The minimum atomic E-state index is 0.713. The largest absolute Gasteiger partial charge is 0.380 e. The van der Waals surface area contributed by atoms with Crippen molar-refractivity contribution in [2.24, 2.45) is 17.6 Å². The summed E-state index contributed by atoms with van der Waals surface area (Å²) in [7, 11) is 0. The number of hydrogen-bond donors (Lipinski definition) is 1. The smallest absolute Gasteiger partial charge is 0.0593 e. The first-order chi connectivity index (χ1) is 9.81. The van der Waals surface area contributed by atoms with E-state index in [0.717, 1.165) is 58.5 Å². The van der Waals surface area contributed by atoms with Crippen LogP contribution in [-0.2, 0) is 9.47 Å². The molecule has 1 aliphatic rings. The lowest BCUT2D eigenvalue weighted by molar-refractivity contribution is 0.0644. The van der Waals surface area contributed by atoms with Crippen LogP contribution in [0, 0.1) is 11.8 Å². The Kier molecular flexibility index (Phi) is 10.3. The minimum Gasteiger partial charge on any atom is -0.380 e. The molecule has 120 valence electrons. The average Bonchev–Trinajstić information content (AvgIpc) is 2.48. The molecule has 0 aliphatic heterocycles. The number of rotatable bonds is 11. The summed E-state index contributed by atoms with van der Waals surface area (Å²) in [4.78, 5) is 2.50. The Hall–Kier alpha value is -0.160. The second-order valence-electron chi connectivity index (χ2n) is 5.73. The molecule has 1 saturated carbocycles. The van der Waals surface area contributed by atoms with E-state index in [2.05, 4.69) is 18.7 Å². The van der Waals surface area contributed by atoms with Crippen LogP contribution in [0.1, 0.15) is 39.5 Å². The van der Waals surface area contributed by atoms with E-state index in [1.807, 2.05) is 0 Å². The summed E-state index contributed by atoms with van der Waals surface area (Å²) < 4.78 is 11.0. The lowest BCUT2D eigenvalue weighted by atomic mass is 9.79. The fraction of sp³-hybridized carbons (Fsp3) is 1.00. The highest BCUT2D eigenvalue weighted by molar-refractivity contribution is 4.79. The zero-order valence-corrected chi connectivity index (χ0v) is 13.5. The third-order valence-electron chi connectivity index (χ3n) is 4.37. The van der Waals surface area contributed by atoms with Crippen molar-refractivity contribution in [1.29, 1.82) is 0 Å². The van der Waals surface area contributed by atoms with Gasteiger partial charge in [0, 0.05) is 32.8 Å². The summed E-state index contributed by atoms with van der Waals surface area (Å²) in [6.07, 6.45) is 5.37. The second kappa shape index (κ2) is 11.5. The summed E-state index contributed by atoms with van der Waals surface area (Å²) in [5.74, 6) is 1.47. The number of hydrogen-bond acceptors (Lipinski definition) is 4. The summed E-state index contributed by atoms with van der Waals surface area (Å²) >= 11 is 0. The van der Waals surface area contributed by atoms with E-state index in [1.165, 1.54) is 25.7 Å². The molecule has 4 heteroatoms. The molecular weight excluding hydrogens is 252 g/mol. The Morgan fingerprint density at radius 2 is 1.50 bits per heavy atom. The lowest BCUT2D eigenvalue weighted by Crippen LogP contribution is -2.40. The van der Waals surface area contributed by atoms with Gasteiger partial charge in [0.2, 0.25) is 0 Å². The molecule has 0 bridgehead atoms. The normalized spacial score (nSPS) is 23.4. The molecule has 1 rings (SSSR count). The number of nitrogens with two attached hydrogens (primary N) is 1. The maximum Gasteiger partial charge on any atom is 0.0593 e. The van der Waals surface area contributed by atoms with E-state index in [-0.39, 0.29) is 0 Å². The van der Waals surface area contributed by atoms with Crippen molar-refractivity contribution in [3.8, 4) is 0 Å². The van der Waals surface area contributed by atoms with Crippen molar-refractivity contribution >= 4 is 0 Å². The fourth-order valence-electron chi connectivity index (χ4n) is 3.14. The van der Waals surface area contributed by atoms with Gasteiger partial charge in [0.25, 0.3) is 0 Å². The first-order valence-electron chi connectivity index (χ1n) is 8.39. The predicted molar refractivity (Wildman–Crippen MR) is 83.9 cm³/mol. The topological polar surface area (TPSA) is 47.7 Å². The van der Waals surface area contributed by atoms with Gasteiger partial charge >= 0.3 is 0 Å². The number of ether oxygens (including phenoxy) is 2. The van der Waals surface area contributed by atoms with E-state index >= 15 is 0 Å². The molecule has 0 aromatic rings. The van der Waals surface area contributed by atoms with E-state index in [4.69, 9.17) is 15.2 Å². The van der Waals surface area contributed by atoms with Crippen LogP contribution in [0.25, 0.3) is 0 Å². The van der Waals surface area contributed by atoms with Crippen LogP contribution in [-0.4, -0.2) is 57.5 Å². The monoisotopic (exact) mass is 286 g/mol. The molecule has 4 nitrogen and oxygen atoms in total. The molecule has 0 radical (unpaired) electrons. The van der Waals surface area contributed by atoms with Gasteiger partial charge in [-0.15, -0.1) is 0 Å². The van der Waals surface area contributed by atoms with Crippen molar-refractivity contribution < 1.29 is 9.47 Å². The van der Waals surface area contributed by atoms with Crippen molar-refractivity contribution in [3.63, 3.8) is 0 Å². The van der Waals surface area contributed by atoms with E-state index in [1.54, 1.807) is 0 Å². The molecular formula is C16H34N2O2. The molecule has 0 spiro atoms. The molecule has 20 heavy (non-hydrogen) atoms. The standard InChI is InChI=1S/C16H34N2O2/c1-3-19-11-9-18(10-12-20-4-2)14-16-8-6-5-7-15(16)13-17/h15-16H,3-14,17H2,1-2H3. The molecule has 2 atom stereocenters. The molecule has 0 aromatic heterocycles. The van der Waals surface area contributed by atoms with Crippen LogP contribution in [0.2, 0.25) is 0 Å². The van der Waals surface area contributed by atoms with Crippen molar-refractivity contribution in [3.05, 3.63) is 0 Å². The third kappa shape index (κ3) is 7.02. The van der Waals surface area contributed by atoms with Crippen LogP contribution >= 0.6 is 0 Å². The minimum absolute atomic E-state index is 0.713. The summed E-state index contributed by atoms with van der Waals surface area (Å²) in [5, 5.41) is 0. The van der Waals surface area contributed by atoms with Gasteiger partial charge in [-0.05, 0) is 45.1 Å². The highest BCUT2D eigenvalue weighted by Gasteiger charge is 2.25. The maximum atomic E-state index is 5.94. The molecule has 1 aliphatic carbocycles. The molecule has 1 fully saturated rings. The van der Waals surface area contributed by atoms with Crippen LogP contribution in [0.4, 0.5) is 0 Å². The Balaban J connectivity index is 2.39. The summed E-state index contributed by atoms with van der Waals surface area (Å²) in [5.41, 5.74) is 5.94. The van der Waals surface area contributed by atoms with Crippen LogP contribution in [0.5, 0.6) is 0 Å². The van der Waals surface area contributed by atoms with Crippen LogP contribution < -0.4 is 5.73 Å². The Morgan fingerprint density at radius 3 is 2.00 bits per heavy atom.